The highest BCUT2D eigenvalue weighted by molar-refractivity contribution is 6.24. The Morgan fingerprint density at radius 1 is 1.50 bits per heavy atom. The van der Waals surface area contributed by atoms with Gasteiger partial charge in [-0.3, -0.25) is 0 Å². The molecular formula is C5H11Cl2N. The van der Waals surface area contributed by atoms with E-state index in [0.29, 0.717) is 6.54 Å². The number of hydrogen-bond donors (Lipinski definition) is 1. The molecule has 0 amide bonds. The summed E-state index contributed by atoms with van der Waals surface area (Å²) in [6.07, 6.45) is 3.50. The first-order valence-electron chi connectivity index (χ1n) is 2.66. The number of hydrogen-bond acceptors (Lipinski definition) is 1. The molecule has 3 heteroatoms. The van der Waals surface area contributed by atoms with Gasteiger partial charge >= 0.3 is 0 Å². The summed E-state index contributed by atoms with van der Waals surface area (Å²) in [5.41, 5.74) is 5.34. The van der Waals surface area contributed by atoms with Crippen molar-refractivity contribution in [1.82, 2.24) is 0 Å². The molecule has 0 aromatic rings. The summed E-state index contributed by atoms with van der Waals surface area (Å²) in [6, 6.07) is 0. The quantitative estimate of drug-likeness (QED) is 0.572. The minimum absolute atomic E-state index is 0. The number of alkyl halides is 1. The molecule has 0 aliphatic heterocycles. The lowest BCUT2D eigenvalue weighted by atomic mass is 9.85. The van der Waals surface area contributed by atoms with Crippen molar-refractivity contribution in [2.24, 2.45) is 5.73 Å². The SMILES string of the molecule is Cl.NCC1(Cl)CCC1. The first-order valence-corrected chi connectivity index (χ1v) is 3.04. The van der Waals surface area contributed by atoms with Gasteiger partial charge in [-0.2, -0.15) is 0 Å². The maximum absolute atomic E-state index is 5.87. The predicted molar refractivity (Wildman–Crippen MR) is 38.7 cm³/mol. The summed E-state index contributed by atoms with van der Waals surface area (Å²) in [7, 11) is 0. The van der Waals surface area contributed by atoms with E-state index in [9.17, 15) is 0 Å². The summed E-state index contributed by atoms with van der Waals surface area (Å²) in [5, 5.41) is 0. The molecule has 0 bridgehead atoms. The van der Waals surface area contributed by atoms with Crippen LogP contribution >= 0.6 is 24.0 Å². The van der Waals surface area contributed by atoms with Crippen LogP contribution in [-0.2, 0) is 0 Å². The zero-order chi connectivity index (χ0) is 5.33. The van der Waals surface area contributed by atoms with Crippen molar-refractivity contribution < 1.29 is 0 Å². The van der Waals surface area contributed by atoms with Crippen molar-refractivity contribution in [3.63, 3.8) is 0 Å². The van der Waals surface area contributed by atoms with Gasteiger partial charge < -0.3 is 5.73 Å². The third kappa shape index (κ3) is 1.51. The lowest BCUT2D eigenvalue weighted by Gasteiger charge is -2.33. The van der Waals surface area contributed by atoms with E-state index in [1.807, 2.05) is 0 Å². The molecule has 0 unspecified atom stereocenters. The van der Waals surface area contributed by atoms with Crippen molar-refractivity contribution in [3.8, 4) is 0 Å². The van der Waals surface area contributed by atoms with Gasteiger partial charge in [-0.05, 0) is 19.3 Å². The molecule has 0 saturated heterocycles. The van der Waals surface area contributed by atoms with Gasteiger partial charge in [0.2, 0.25) is 0 Å². The van der Waals surface area contributed by atoms with Crippen LogP contribution in [0.3, 0.4) is 0 Å². The third-order valence-electron chi connectivity index (χ3n) is 1.62. The number of halogens is 2. The van der Waals surface area contributed by atoms with E-state index in [1.165, 1.54) is 6.42 Å². The van der Waals surface area contributed by atoms with Gasteiger partial charge in [-0.1, -0.05) is 0 Å². The lowest BCUT2D eigenvalue weighted by molar-refractivity contribution is 0.361. The molecule has 0 atom stereocenters. The fourth-order valence-corrected chi connectivity index (χ4v) is 1.03. The zero-order valence-corrected chi connectivity index (χ0v) is 6.26. The van der Waals surface area contributed by atoms with Crippen molar-refractivity contribution in [2.75, 3.05) is 6.54 Å². The second-order valence-corrected chi connectivity index (χ2v) is 3.01. The van der Waals surface area contributed by atoms with Crippen LogP contribution in [0, 0.1) is 0 Å². The van der Waals surface area contributed by atoms with E-state index in [0.717, 1.165) is 12.8 Å². The van der Waals surface area contributed by atoms with Crippen LogP contribution in [0.4, 0.5) is 0 Å². The van der Waals surface area contributed by atoms with E-state index in [-0.39, 0.29) is 17.3 Å². The molecule has 2 N–H and O–H groups in total. The van der Waals surface area contributed by atoms with Gasteiger partial charge in [0.25, 0.3) is 0 Å². The van der Waals surface area contributed by atoms with Crippen LogP contribution in [0.1, 0.15) is 19.3 Å². The van der Waals surface area contributed by atoms with Crippen LogP contribution in [0.25, 0.3) is 0 Å². The first kappa shape index (κ1) is 8.54. The number of rotatable bonds is 1. The maximum atomic E-state index is 5.87. The molecule has 1 aliphatic rings. The second-order valence-electron chi connectivity index (χ2n) is 2.21. The Hall–Kier alpha value is 0.540. The molecule has 0 aromatic heterocycles. The average molecular weight is 156 g/mol. The Kier molecular flexibility index (Phi) is 3.10. The summed E-state index contributed by atoms with van der Waals surface area (Å²) in [6.45, 7) is 0.647. The van der Waals surface area contributed by atoms with Gasteiger partial charge in [-0.15, -0.1) is 24.0 Å². The van der Waals surface area contributed by atoms with Crippen molar-refractivity contribution >= 4 is 24.0 Å². The zero-order valence-electron chi connectivity index (χ0n) is 4.69. The highest BCUT2D eigenvalue weighted by Crippen LogP contribution is 2.36. The van der Waals surface area contributed by atoms with Gasteiger partial charge in [-0.25, -0.2) is 0 Å². The smallest absolute Gasteiger partial charge is 0.0568 e. The molecule has 8 heavy (non-hydrogen) atoms. The Balaban J connectivity index is 0.000000490. The number of nitrogens with two attached hydrogens (primary N) is 1. The maximum Gasteiger partial charge on any atom is 0.0568 e. The molecule has 1 aliphatic carbocycles. The Labute approximate surface area is 61.0 Å². The van der Waals surface area contributed by atoms with Gasteiger partial charge in [0, 0.05) is 6.54 Å². The summed E-state index contributed by atoms with van der Waals surface area (Å²) in [4.78, 5) is 0.0139. The molecule has 1 nitrogen and oxygen atoms in total. The van der Waals surface area contributed by atoms with E-state index >= 15 is 0 Å². The minimum atomic E-state index is 0. The fraction of sp³-hybridized carbons (Fsp3) is 1.00. The standard InChI is InChI=1S/C5H10ClN.ClH/c6-5(4-7)2-1-3-5;/h1-4,7H2;1H. The summed E-state index contributed by atoms with van der Waals surface area (Å²) < 4.78 is 0. The third-order valence-corrected chi connectivity index (χ3v) is 2.15. The molecule has 50 valence electrons. The second kappa shape index (κ2) is 2.90. The van der Waals surface area contributed by atoms with E-state index < -0.39 is 0 Å². The van der Waals surface area contributed by atoms with Gasteiger partial charge in [0.05, 0.1) is 4.87 Å². The molecule has 0 radical (unpaired) electrons. The molecule has 1 fully saturated rings. The van der Waals surface area contributed by atoms with Gasteiger partial charge in [0.1, 0.15) is 0 Å². The van der Waals surface area contributed by atoms with Crippen molar-refractivity contribution in [1.29, 1.82) is 0 Å². The summed E-state index contributed by atoms with van der Waals surface area (Å²) >= 11 is 5.87. The van der Waals surface area contributed by atoms with Crippen molar-refractivity contribution in [3.05, 3.63) is 0 Å². The largest absolute Gasteiger partial charge is 0.329 e. The molecule has 0 spiro atoms. The minimum Gasteiger partial charge on any atom is -0.329 e. The molecule has 0 aromatic carbocycles. The normalized spacial score (nSPS) is 23.2. The van der Waals surface area contributed by atoms with E-state index in [4.69, 9.17) is 17.3 Å². The molecule has 1 rings (SSSR count). The lowest BCUT2D eigenvalue weighted by Crippen LogP contribution is -2.38. The highest BCUT2D eigenvalue weighted by Gasteiger charge is 2.32. The van der Waals surface area contributed by atoms with E-state index in [2.05, 4.69) is 0 Å². The van der Waals surface area contributed by atoms with Crippen LogP contribution in [0.15, 0.2) is 0 Å². The van der Waals surface area contributed by atoms with Crippen LogP contribution in [0.5, 0.6) is 0 Å². The Morgan fingerprint density at radius 3 is 2.00 bits per heavy atom. The van der Waals surface area contributed by atoms with Crippen molar-refractivity contribution in [2.45, 2.75) is 24.1 Å². The average Bonchev–Trinajstić information content (AvgIpc) is 1.61. The summed E-state index contributed by atoms with van der Waals surface area (Å²) in [5.74, 6) is 0. The molecular weight excluding hydrogens is 145 g/mol. The Bertz CT molecular complexity index is 65.3. The van der Waals surface area contributed by atoms with Crippen LogP contribution in [0.2, 0.25) is 0 Å². The highest BCUT2D eigenvalue weighted by atomic mass is 35.5. The first-order chi connectivity index (χ1) is 3.27. The monoisotopic (exact) mass is 155 g/mol. The predicted octanol–water partition coefficient (Wildman–Crippen LogP) is 1.53. The van der Waals surface area contributed by atoms with Gasteiger partial charge in [0.15, 0.2) is 0 Å². The fourth-order valence-electron chi connectivity index (χ4n) is 0.765. The molecule has 0 heterocycles. The van der Waals surface area contributed by atoms with E-state index in [1.54, 1.807) is 0 Å². The van der Waals surface area contributed by atoms with Crippen LogP contribution in [-0.4, -0.2) is 11.4 Å². The topological polar surface area (TPSA) is 26.0 Å². The van der Waals surface area contributed by atoms with Crippen LogP contribution < -0.4 is 5.73 Å². The molecule has 1 saturated carbocycles. The Morgan fingerprint density at radius 2 is 2.00 bits per heavy atom.